The molecule has 1 atom stereocenters. The van der Waals surface area contributed by atoms with Crippen molar-refractivity contribution in [2.75, 3.05) is 31.1 Å². The first kappa shape index (κ1) is 15.9. The van der Waals surface area contributed by atoms with Crippen LogP contribution in [0.2, 0.25) is 0 Å². The third-order valence-electron chi connectivity index (χ3n) is 2.75. The Morgan fingerprint density at radius 1 is 1.26 bits per heavy atom. The Bertz CT molecular complexity index is 422. The standard InChI is InChI=1S/C11H21N3O4S/c1-2-3-13-11(16)7-14-10(15)6-9-8-19(17,18)5-4-12-9/h9,12H,2-8H2,1H3,(H,13,16)(H,14,15). The van der Waals surface area contributed by atoms with Crippen molar-refractivity contribution < 1.29 is 18.0 Å². The van der Waals surface area contributed by atoms with Crippen LogP contribution in [0.25, 0.3) is 0 Å². The van der Waals surface area contributed by atoms with Crippen molar-refractivity contribution in [1.82, 2.24) is 16.0 Å². The summed E-state index contributed by atoms with van der Waals surface area (Å²) in [7, 11) is -3.04. The van der Waals surface area contributed by atoms with E-state index in [1.54, 1.807) is 0 Å². The van der Waals surface area contributed by atoms with Crippen molar-refractivity contribution in [1.29, 1.82) is 0 Å². The van der Waals surface area contributed by atoms with E-state index in [0.717, 1.165) is 6.42 Å². The summed E-state index contributed by atoms with van der Waals surface area (Å²) in [6, 6.07) is -0.363. The van der Waals surface area contributed by atoms with Crippen LogP contribution in [0.5, 0.6) is 0 Å². The van der Waals surface area contributed by atoms with Gasteiger partial charge in [0.2, 0.25) is 11.8 Å². The van der Waals surface area contributed by atoms with Crippen molar-refractivity contribution >= 4 is 21.7 Å². The molecule has 1 saturated heterocycles. The first-order chi connectivity index (χ1) is 8.93. The molecule has 0 saturated carbocycles. The highest BCUT2D eigenvalue weighted by Crippen LogP contribution is 2.04. The Morgan fingerprint density at radius 3 is 2.63 bits per heavy atom. The molecule has 0 aromatic carbocycles. The molecule has 1 unspecified atom stereocenters. The molecule has 1 aliphatic heterocycles. The van der Waals surface area contributed by atoms with E-state index in [4.69, 9.17) is 0 Å². The fourth-order valence-electron chi connectivity index (χ4n) is 1.80. The third-order valence-corrected chi connectivity index (χ3v) is 4.49. The van der Waals surface area contributed by atoms with Crippen LogP contribution in [0.15, 0.2) is 0 Å². The summed E-state index contributed by atoms with van der Waals surface area (Å²) >= 11 is 0. The quantitative estimate of drug-likeness (QED) is 0.547. The maximum Gasteiger partial charge on any atom is 0.239 e. The maximum atomic E-state index is 11.6. The Labute approximate surface area is 113 Å². The average molecular weight is 291 g/mol. The largest absolute Gasteiger partial charge is 0.355 e. The van der Waals surface area contributed by atoms with Gasteiger partial charge in [-0.05, 0) is 6.42 Å². The molecule has 19 heavy (non-hydrogen) atoms. The molecule has 0 aromatic heterocycles. The first-order valence-corrected chi connectivity index (χ1v) is 8.22. The zero-order valence-electron chi connectivity index (χ0n) is 11.1. The van der Waals surface area contributed by atoms with Crippen LogP contribution in [-0.4, -0.2) is 57.4 Å². The molecule has 0 bridgehead atoms. The molecule has 1 aliphatic rings. The number of amides is 2. The van der Waals surface area contributed by atoms with E-state index in [0.29, 0.717) is 13.1 Å². The Balaban J connectivity index is 2.25. The van der Waals surface area contributed by atoms with Gasteiger partial charge < -0.3 is 16.0 Å². The van der Waals surface area contributed by atoms with Crippen LogP contribution in [0.1, 0.15) is 19.8 Å². The van der Waals surface area contributed by atoms with Crippen LogP contribution < -0.4 is 16.0 Å². The average Bonchev–Trinajstić information content (AvgIpc) is 2.32. The minimum absolute atomic E-state index is 0.0253. The van der Waals surface area contributed by atoms with Crippen molar-refractivity contribution in [3.63, 3.8) is 0 Å². The molecular weight excluding hydrogens is 270 g/mol. The van der Waals surface area contributed by atoms with Gasteiger partial charge in [-0.1, -0.05) is 6.92 Å². The predicted octanol–water partition coefficient (Wildman–Crippen LogP) is -1.59. The van der Waals surface area contributed by atoms with Gasteiger partial charge in [0, 0.05) is 25.6 Å². The van der Waals surface area contributed by atoms with Gasteiger partial charge in [0.15, 0.2) is 9.84 Å². The molecule has 2 amide bonds. The van der Waals surface area contributed by atoms with Gasteiger partial charge in [0.1, 0.15) is 0 Å². The molecule has 110 valence electrons. The lowest BCUT2D eigenvalue weighted by molar-refractivity contribution is -0.126. The number of hydrogen-bond acceptors (Lipinski definition) is 5. The second-order valence-electron chi connectivity index (χ2n) is 4.60. The Hall–Kier alpha value is -1.15. The van der Waals surface area contributed by atoms with E-state index in [1.807, 2.05) is 6.92 Å². The van der Waals surface area contributed by atoms with Gasteiger partial charge in [-0.15, -0.1) is 0 Å². The molecule has 1 fully saturated rings. The molecule has 0 aliphatic carbocycles. The summed E-state index contributed by atoms with van der Waals surface area (Å²) in [5, 5.41) is 8.11. The van der Waals surface area contributed by atoms with Gasteiger partial charge in [0.05, 0.1) is 18.1 Å². The van der Waals surface area contributed by atoms with Crippen LogP contribution in [-0.2, 0) is 19.4 Å². The predicted molar refractivity (Wildman–Crippen MR) is 71.4 cm³/mol. The van der Waals surface area contributed by atoms with Crippen LogP contribution in [0, 0.1) is 0 Å². The summed E-state index contributed by atoms with van der Waals surface area (Å²) in [6.07, 6.45) is 0.907. The summed E-state index contributed by atoms with van der Waals surface area (Å²) in [4.78, 5) is 22.8. The van der Waals surface area contributed by atoms with Gasteiger partial charge in [0.25, 0.3) is 0 Å². The number of rotatable bonds is 6. The van der Waals surface area contributed by atoms with Gasteiger partial charge in [-0.3, -0.25) is 9.59 Å². The minimum atomic E-state index is -3.04. The second kappa shape index (κ2) is 7.44. The van der Waals surface area contributed by atoms with Crippen LogP contribution in [0.3, 0.4) is 0 Å². The van der Waals surface area contributed by atoms with E-state index in [9.17, 15) is 18.0 Å². The van der Waals surface area contributed by atoms with E-state index < -0.39 is 9.84 Å². The van der Waals surface area contributed by atoms with Crippen molar-refractivity contribution in [3.05, 3.63) is 0 Å². The zero-order valence-corrected chi connectivity index (χ0v) is 11.9. The smallest absolute Gasteiger partial charge is 0.239 e. The number of sulfone groups is 1. The molecule has 3 N–H and O–H groups in total. The maximum absolute atomic E-state index is 11.6. The lowest BCUT2D eigenvalue weighted by atomic mass is 10.2. The summed E-state index contributed by atoms with van der Waals surface area (Å²) < 4.78 is 22.8. The molecule has 8 heteroatoms. The lowest BCUT2D eigenvalue weighted by Gasteiger charge is -2.23. The summed E-state index contributed by atoms with van der Waals surface area (Å²) in [5.41, 5.74) is 0. The molecular formula is C11H21N3O4S. The number of carbonyl (C=O) groups is 2. The van der Waals surface area contributed by atoms with E-state index >= 15 is 0 Å². The molecule has 1 rings (SSSR count). The van der Waals surface area contributed by atoms with E-state index in [1.165, 1.54) is 0 Å². The van der Waals surface area contributed by atoms with E-state index in [-0.39, 0.29) is 42.3 Å². The highest BCUT2D eigenvalue weighted by molar-refractivity contribution is 7.91. The second-order valence-corrected chi connectivity index (χ2v) is 6.82. The molecule has 1 heterocycles. The van der Waals surface area contributed by atoms with Crippen LogP contribution in [0.4, 0.5) is 0 Å². The fraction of sp³-hybridized carbons (Fsp3) is 0.818. The SMILES string of the molecule is CCCNC(=O)CNC(=O)CC1CS(=O)(=O)CCN1. The highest BCUT2D eigenvalue weighted by atomic mass is 32.2. The number of nitrogens with one attached hydrogen (secondary N) is 3. The van der Waals surface area contributed by atoms with Gasteiger partial charge in [-0.25, -0.2) is 8.42 Å². The summed E-state index contributed by atoms with van der Waals surface area (Å²) in [6.45, 7) is 2.82. The molecule has 0 radical (unpaired) electrons. The van der Waals surface area contributed by atoms with E-state index in [2.05, 4.69) is 16.0 Å². The molecule has 7 nitrogen and oxygen atoms in total. The lowest BCUT2D eigenvalue weighted by Crippen LogP contribution is -2.48. The van der Waals surface area contributed by atoms with Gasteiger partial charge in [-0.2, -0.15) is 0 Å². The van der Waals surface area contributed by atoms with Crippen LogP contribution >= 0.6 is 0 Å². The third kappa shape index (κ3) is 6.53. The Morgan fingerprint density at radius 2 is 2.00 bits per heavy atom. The minimum Gasteiger partial charge on any atom is -0.355 e. The molecule has 0 spiro atoms. The monoisotopic (exact) mass is 291 g/mol. The first-order valence-electron chi connectivity index (χ1n) is 6.40. The number of hydrogen-bond donors (Lipinski definition) is 3. The number of carbonyl (C=O) groups excluding carboxylic acids is 2. The van der Waals surface area contributed by atoms with Gasteiger partial charge >= 0.3 is 0 Å². The van der Waals surface area contributed by atoms with Crippen molar-refractivity contribution in [2.45, 2.75) is 25.8 Å². The summed E-state index contributed by atoms with van der Waals surface area (Å²) in [5.74, 6) is -0.465. The highest BCUT2D eigenvalue weighted by Gasteiger charge is 2.25. The fourth-order valence-corrected chi connectivity index (χ4v) is 3.24. The molecule has 0 aromatic rings. The van der Waals surface area contributed by atoms with Crippen molar-refractivity contribution in [3.8, 4) is 0 Å². The Kier molecular flexibility index (Phi) is 6.23. The zero-order chi connectivity index (χ0) is 14.3. The normalized spacial score (nSPS) is 21.6. The van der Waals surface area contributed by atoms with Crippen molar-refractivity contribution in [2.24, 2.45) is 0 Å². The topological polar surface area (TPSA) is 104 Å².